The summed E-state index contributed by atoms with van der Waals surface area (Å²) in [5.41, 5.74) is 0.720. The van der Waals surface area contributed by atoms with Gasteiger partial charge in [0.1, 0.15) is 0 Å². The first-order valence-corrected chi connectivity index (χ1v) is 11.2. The minimum absolute atomic E-state index is 0.0132. The molecule has 3 aromatic rings. The van der Waals surface area contributed by atoms with Crippen LogP contribution in [0.5, 0.6) is 0 Å². The molecule has 0 saturated carbocycles. The molecular weight excluding hydrogens is 436 g/mol. The molecule has 0 bridgehead atoms. The molecule has 3 rings (SSSR count). The van der Waals surface area contributed by atoms with Crippen LogP contribution >= 0.6 is 0 Å². The Balaban J connectivity index is 1.65. The largest absolute Gasteiger partial charge is 0.351 e. The van der Waals surface area contributed by atoms with Gasteiger partial charge in [-0.15, -0.1) is 0 Å². The molecule has 12 heteroatoms. The fraction of sp³-hybridized carbons (Fsp3) is 0.250. The van der Waals surface area contributed by atoms with Crippen molar-refractivity contribution in [1.29, 1.82) is 0 Å². The van der Waals surface area contributed by atoms with Crippen molar-refractivity contribution >= 4 is 21.6 Å². The fourth-order valence-electron chi connectivity index (χ4n) is 3.05. The lowest BCUT2D eigenvalue weighted by Gasteiger charge is -2.12. The molecule has 0 fully saturated rings. The zero-order chi connectivity index (χ0) is 23.3. The molecule has 0 unspecified atom stereocenters. The van der Waals surface area contributed by atoms with E-state index in [2.05, 4.69) is 20.1 Å². The van der Waals surface area contributed by atoms with Crippen LogP contribution in [0.25, 0.3) is 5.82 Å². The van der Waals surface area contributed by atoms with Crippen molar-refractivity contribution in [2.24, 2.45) is 0 Å². The fourth-order valence-corrected chi connectivity index (χ4v) is 4.13. The molecule has 2 N–H and O–H groups in total. The number of nitrogens with one attached hydrogen (secondary N) is 2. The first kappa shape index (κ1) is 23.0. The Morgan fingerprint density at radius 1 is 1.19 bits per heavy atom. The number of non-ortho nitro benzene ring substituents is 1. The molecule has 0 aliphatic carbocycles. The van der Waals surface area contributed by atoms with Gasteiger partial charge in [-0.25, -0.2) is 22.8 Å². The summed E-state index contributed by atoms with van der Waals surface area (Å²) in [5.74, 6) is 0.165. The summed E-state index contributed by atoms with van der Waals surface area (Å²) in [4.78, 5) is 26.9. The van der Waals surface area contributed by atoms with E-state index in [0.717, 1.165) is 6.07 Å². The van der Waals surface area contributed by atoms with E-state index in [-0.39, 0.29) is 29.6 Å². The predicted octanol–water partition coefficient (Wildman–Crippen LogP) is 2.01. The van der Waals surface area contributed by atoms with Gasteiger partial charge >= 0.3 is 0 Å². The average Bonchev–Trinajstić information content (AvgIpc) is 3.23. The van der Waals surface area contributed by atoms with Crippen LogP contribution in [0.1, 0.15) is 35.8 Å². The summed E-state index contributed by atoms with van der Waals surface area (Å²) in [6, 6.07) is 10.1. The van der Waals surface area contributed by atoms with Crippen LogP contribution < -0.4 is 10.0 Å². The Labute approximate surface area is 184 Å². The third-order valence-electron chi connectivity index (χ3n) is 4.51. The molecule has 0 aliphatic rings. The second-order valence-corrected chi connectivity index (χ2v) is 8.87. The molecule has 1 aromatic carbocycles. The van der Waals surface area contributed by atoms with E-state index in [1.807, 2.05) is 19.9 Å². The number of aromatic nitrogens is 3. The number of rotatable bonds is 9. The molecule has 11 nitrogen and oxygen atoms in total. The lowest BCUT2D eigenvalue weighted by atomic mass is 10.1. The Morgan fingerprint density at radius 2 is 1.97 bits per heavy atom. The zero-order valence-corrected chi connectivity index (χ0v) is 18.2. The topological polar surface area (TPSA) is 149 Å². The summed E-state index contributed by atoms with van der Waals surface area (Å²) in [6.45, 7) is 3.78. The first-order valence-electron chi connectivity index (χ1n) is 9.72. The number of nitro groups is 1. The number of sulfonamides is 1. The summed E-state index contributed by atoms with van der Waals surface area (Å²) in [5, 5.41) is 17.8. The summed E-state index contributed by atoms with van der Waals surface area (Å²) in [7, 11) is -3.96. The number of amides is 1. The second kappa shape index (κ2) is 9.66. The minimum Gasteiger partial charge on any atom is -0.351 e. The van der Waals surface area contributed by atoms with Crippen LogP contribution in [0, 0.1) is 10.1 Å². The van der Waals surface area contributed by atoms with Crippen molar-refractivity contribution in [3.63, 3.8) is 0 Å². The van der Waals surface area contributed by atoms with Gasteiger partial charge in [-0.1, -0.05) is 26.0 Å². The van der Waals surface area contributed by atoms with E-state index in [4.69, 9.17) is 0 Å². The SMILES string of the molecule is CC(C)c1c(C(=O)NCCNS(=O)(=O)c2cccc([N+](=O)[O-])c2)cnn1-c1ccccn1. The number of pyridine rings is 1. The third kappa shape index (κ3) is 5.15. The van der Waals surface area contributed by atoms with Crippen LogP contribution in [0.15, 0.2) is 59.8 Å². The number of nitro benzene ring substituents is 1. The highest BCUT2D eigenvalue weighted by atomic mass is 32.2. The van der Waals surface area contributed by atoms with Gasteiger partial charge < -0.3 is 5.32 Å². The van der Waals surface area contributed by atoms with Gasteiger partial charge in [0.05, 0.1) is 27.3 Å². The predicted molar refractivity (Wildman–Crippen MR) is 116 cm³/mol. The number of benzene rings is 1. The van der Waals surface area contributed by atoms with Crippen LogP contribution in [0.2, 0.25) is 0 Å². The second-order valence-electron chi connectivity index (χ2n) is 7.11. The van der Waals surface area contributed by atoms with Gasteiger partial charge in [0.25, 0.3) is 11.6 Å². The van der Waals surface area contributed by atoms with Gasteiger partial charge in [0, 0.05) is 31.4 Å². The Hall–Kier alpha value is -3.64. The first-order chi connectivity index (χ1) is 15.2. The Kier molecular flexibility index (Phi) is 6.95. The average molecular weight is 459 g/mol. The highest BCUT2D eigenvalue weighted by Crippen LogP contribution is 2.22. The quantitative estimate of drug-likeness (QED) is 0.283. The number of hydrogen-bond acceptors (Lipinski definition) is 7. The zero-order valence-electron chi connectivity index (χ0n) is 17.4. The maximum absolute atomic E-state index is 12.7. The highest BCUT2D eigenvalue weighted by molar-refractivity contribution is 7.89. The molecule has 32 heavy (non-hydrogen) atoms. The molecule has 0 radical (unpaired) electrons. The third-order valence-corrected chi connectivity index (χ3v) is 5.96. The summed E-state index contributed by atoms with van der Waals surface area (Å²) < 4.78 is 28.6. The standard InChI is InChI=1S/C20H22N6O5S/c1-14(2)19-17(13-23-25(19)18-8-3-4-9-21-18)20(27)22-10-11-24-32(30,31)16-7-5-6-15(12-16)26(28)29/h3-9,12-14,24H,10-11H2,1-2H3,(H,22,27). The molecular formula is C20H22N6O5S. The number of carbonyl (C=O) groups excluding carboxylic acids is 1. The summed E-state index contributed by atoms with van der Waals surface area (Å²) in [6.07, 6.45) is 3.08. The van der Waals surface area contributed by atoms with Crippen LogP contribution in [-0.2, 0) is 10.0 Å². The van der Waals surface area contributed by atoms with Crippen molar-refractivity contribution in [3.05, 3.63) is 76.2 Å². The van der Waals surface area contributed by atoms with Crippen molar-refractivity contribution < 1.29 is 18.1 Å². The van der Waals surface area contributed by atoms with Gasteiger partial charge in [-0.3, -0.25) is 14.9 Å². The molecule has 1 amide bonds. The summed E-state index contributed by atoms with van der Waals surface area (Å²) >= 11 is 0. The van der Waals surface area contributed by atoms with Crippen molar-refractivity contribution in [3.8, 4) is 5.82 Å². The molecule has 0 saturated heterocycles. The van der Waals surface area contributed by atoms with Gasteiger partial charge in [-0.2, -0.15) is 5.10 Å². The van der Waals surface area contributed by atoms with Gasteiger partial charge in [0.2, 0.25) is 10.0 Å². The normalized spacial score (nSPS) is 11.5. The van der Waals surface area contributed by atoms with Crippen molar-refractivity contribution in [1.82, 2.24) is 24.8 Å². The van der Waals surface area contributed by atoms with Crippen molar-refractivity contribution in [2.75, 3.05) is 13.1 Å². The van der Waals surface area contributed by atoms with Gasteiger partial charge in [0.15, 0.2) is 5.82 Å². The van der Waals surface area contributed by atoms with Crippen LogP contribution in [0.4, 0.5) is 5.69 Å². The molecule has 168 valence electrons. The van der Waals surface area contributed by atoms with Gasteiger partial charge in [-0.05, 0) is 24.1 Å². The number of hydrogen-bond donors (Lipinski definition) is 2. The molecule has 0 atom stereocenters. The highest BCUT2D eigenvalue weighted by Gasteiger charge is 2.22. The van der Waals surface area contributed by atoms with E-state index in [1.165, 1.54) is 24.4 Å². The number of nitrogens with zero attached hydrogens (tertiary/aromatic N) is 4. The molecule has 2 aromatic heterocycles. The maximum Gasteiger partial charge on any atom is 0.270 e. The Morgan fingerprint density at radius 3 is 2.62 bits per heavy atom. The van der Waals surface area contributed by atoms with E-state index in [1.54, 1.807) is 23.0 Å². The minimum atomic E-state index is -3.96. The monoisotopic (exact) mass is 458 g/mol. The van der Waals surface area contributed by atoms with Crippen LogP contribution in [-0.4, -0.2) is 47.1 Å². The lowest BCUT2D eigenvalue weighted by Crippen LogP contribution is -2.35. The smallest absolute Gasteiger partial charge is 0.270 e. The van der Waals surface area contributed by atoms with E-state index >= 15 is 0 Å². The molecule has 0 aliphatic heterocycles. The van der Waals surface area contributed by atoms with Crippen LogP contribution in [0.3, 0.4) is 0 Å². The van der Waals surface area contributed by atoms with E-state index in [9.17, 15) is 23.3 Å². The maximum atomic E-state index is 12.7. The van der Waals surface area contributed by atoms with E-state index in [0.29, 0.717) is 17.1 Å². The van der Waals surface area contributed by atoms with Crippen molar-refractivity contribution in [2.45, 2.75) is 24.7 Å². The molecule has 0 spiro atoms. The molecule has 2 heterocycles. The number of carbonyl (C=O) groups is 1. The Bertz CT molecular complexity index is 1220. The van der Waals surface area contributed by atoms with E-state index < -0.39 is 20.9 Å². The lowest BCUT2D eigenvalue weighted by molar-refractivity contribution is -0.385.